The van der Waals surface area contributed by atoms with Gasteiger partial charge in [0.25, 0.3) is 0 Å². The second-order valence-electron chi connectivity index (χ2n) is 10.0. The summed E-state index contributed by atoms with van der Waals surface area (Å²) < 4.78 is 20.2. The first kappa shape index (κ1) is 27.6. The fraction of sp³-hybridized carbons (Fsp3) is 0.455. The molecule has 0 saturated carbocycles. The van der Waals surface area contributed by atoms with Crippen molar-refractivity contribution >= 4 is 0 Å². The third-order valence-corrected chi connectivity index (χ3v) is 6.74. The van der Waals surface area contributed by atoms with Gasteiger partial charge < -0.3 is 14.2 Å². The van der Waals surface area contributed by atoms with E-state index in [1.807, 2.05) is 36.4 Å². The molecule has 0 heterocycles. The van der Waals surface area contributed by atoms with Crippen LogP contribution in [0.25, 0.3) is 0 Å². The van der Waals surface area contributed by atoms with E-state index >= 15 is 0 Å². The van der Waals surface area contributed by atoms with Crippen LogP contribution in [0.5, 0.6) is 17.2 Å². The lowest BCUT2D eigenvalue weighted by molar-refractivity contribution is -0.287. The maximum Gasteiger partial charge on any atom is 0.420 e. The average Bonchev–Trinajstić information content (AvgIpc) is 2.88. The molecule has 0 spiro atoms. The maximum atomic E-state index is 6.73. The summed E-state index contributed by atoms with van der Waals surface area (Å²) in [5, 5.41) is 0. The van der Waals surface area contributed by atoms with Crippen LogP contribution in [0.15, 0.2) is 72.8 Å². The zero-order chi connectivity index (χ0) is 25.8. The molecule has 0 fully saturated rings. The Labute approximate surface area is 218 Å². The first-order valence-corrected chi connectivity index (χ1v) is 13.7. The van der Waals surface area contributed by atoms with E-state index in [2.05, 4.69) is 71.0 Å². The molecule has 0 bridgehead atoms. The minimum atomic E-state index is -1.29. The van der Waals surface area contributed by atoms with Crippen LogP contribution < -0.4 is 14.2 Å². The van der Waals surface area contributed by atoms with E-state index < -0.39 is 5.97 Å². The summed E-state index contributed by atoms with van der Waals surface area (Å²) in [6, 6.07) is 24.4. The molecule has 0 aromatic heterocycles. The van der Waals surface area contributed by atoms with Crippen LogP contribution in [0.2, 0.25) is 0 Å². The fourth-order valence-corrected chi connectivity index (χ4v) is 4.43. The van der Waals surface area contributed by atoms with Gasteiger partial charge in [0.2, 0.25) is 0 Å². The van der Waals surface area contributed by atoms with Crippen molar-refractivity contribution in [1.82, 2.24) is 0 Å². The SMILES string of the molecule is CCCCCCCCC(CC)C(Oc1ccc(C)cc1)(Oc1ccc(C)cc1)Oc1ccc(C)cc1. The van der Waals surface area contributed by atoms with Crippen LogP contribution >= 0.6 is 0 Å². The third-order valence-electron chi connectivity index (χ3n) is 6.74. The largest absolute Gasteiger partial charge is 0.420 e. The van der Waals surface area contributed by atoms with E-state index in [0.29, 0.717) is 0 Å². The van der Waals surface area contributed by atoms with Crippen LogP contribution in [0.3, 0.4) is 0 Å². The summed E-state index contributed by atoms with van der Waals surface area (Å²) in [6.07, 6.45) is 9.32. The molecule has 1 atom stereocenters. The van der Waals surface area contributed by atoms with E-state index in [-0.39, 0.29) is 5.92 Å². The summed E-state index contributed by atoms with van der Waals surface area (Å²) >= 11 is 0. The number of ether oxygens (including phenoxy) is 3. The minimum absolute atomic E-state index is 0.0348. The molecule has 0 aliphatic heterocycles. The second-order valence-corrected chi connectivity index (χ2v) is 10.0. The molecular formula is C33H44O3. The van der Waals surface area contributed by atoms with Gasteiger partial charge in [0.05, 0.1) is 5.92 Å². The number of hydrogen-bond acceptors (Lipinski definition) is 3. The quantitative estimate of drug-likeness (QED) is 0.157. The lowest BCUT2D eigenvalue weighted by Crippen LogP contribution is -2.54. The predicted molar refractivity (Wildman–Crippen MR) is 150 cm³/mol. The molecular weight excluding hydrogens is 444 g/mol. The van der Waals surface area contributed by atoms with Gasteiger partial charge in [-0.15, -0.1) is 0 Å². The minimum Gasteiger partial charge on any atom is -0.420 e. The first-order valence-electron chi connectivity index (χ1n) is 13.7. The van der Waals surface area contributed by atoms with E-state index in [4.69, 9.17) is 14.2 Å². The molecule has 36 heavy (non-hydrogen) atoms. The molecule has 1 unspecified atom stereocenters. The first-order chi connectivity index (χ1) is 17.4. The molecule has 3 heteroatoms. The van der Waals surface area contributed by atoms with Gasteiger partial charge in [-0.1, -0.05) is 105 Å². The Morgan fingerprint density at radius 2 is 0.889 bits per heavy atom. The molecule has 0 amide bonds. The van der Waals surface area contributed by atoms with Gasteiger partial charge >= 0.3 is 5.97 Å². The van der Waals surface area contributed by atoms with Crippen LogP contribution in [0.4, 0.5) is 0 Å². The zero-order valence-electron chi connectivity index (χ0n) is 22.9. The zero-order valence-corrected chi connectivity index (χ0v) is 22.9. The Bertz CT molecular complexity index is 891. The molecule has 194 valence electrons. The van der Waals surface area contributed by atoms with Crippen LogP contribution in [0.1, 0.15) is 81.9 Å². The second kappa shape index (κ2) is 14.0. The van der Waals surface area contributed by atoms with E-state index in [1.165, 1.54) is 48.8 Å². The van der Waals surface area contributed by atoms with Crippen molar-refractivity contribution in [3.8, 4) is 17.2 Å². The van der Waals surface area contributed by atoms with Crippen LogP contribution in [0, 0.1) is 26.7 Å². The van der Waals surface area contributed by atoms with Crippen molar-refractivity contribution < 1.29 is 14.2 Å². The maximum absolute atomic E-state index is 6.73. The highest BCUT2D eigenvalue weighted by molar-refractivity contribution is 5.31. The van der Waals surface area contributed by atoms with Crippen molar-refractivity contribution in [3.05, 3.63) is 89.5 Å². The highest BCUT2D eigenvalue weighted by atomic mass is 16.9. The summed E-state index contributed by atoms with van der Waals surface area (Å²) in [5.41, 5.74) is 3.56. The molecule has 0 aliphatic carbocycles. The molecule has 3 aromatic carbocycles. The van der Waals surface area contributed by atoms with Crippen molar-refractivity contribution in [2.24, 2.45) is 5.92 Å². The third kappa shape index (κ3) is 8.33. The molecule has 0 aliphatic rings. The van der Waals surface area contributed by atoms with Crippen molar-refractivity contribution in [1.29, 1.82) is 0 Å². The number of benzene rings is 3. The fourth-order valence-electron chi connectivity index (χ4n) is 4.43. The Balaban J connectivity index is 1.96. The smallest absolute Gasteiger partial charge is 0.420 e. The normalized spacial score (nSPS) is 12.2. The Morgan fingerprint density at radius 3 is 1.25 bits per heavy atom. The summed E-state index contributed by atoms with van der Waals surface area (Å²) in [7, 11) is 0. The van der Waals surface area contributed by atoms with Gasteiger partial charge in [0.1, 0.15) is 17.2 Å². The number of unbranched alkanes of at least 4 members (excludes halogenated alkanes) is 5. The van der Waals surface area contributed by atoms with Gasteiger partial charge in [-0.2, -0.15) is 0 Å². The van der Waals surface area contributed by atoms with Gasteiger partial charge in [0.15, 0.2) is 0 Å². The molecule has 3 nitrogen and oxygen atoms in total. The number of rotatable bonds is 15. The Hall–Kier alpha value is -2.94. The predicted octanol–water partition coefficient (Wildman–Crippen LogP) is 9.58. The lowest BCUT2D eigenvalue weighted by atomic mass is 9.94. The van der Waals surface area contributed by atoms with Gasteiger partial charge in [0, 0.05) is 0 Å². The topological polar surface area (TPSA) is 27.7 Å². The summed E-state index contributed by atoms with van der Waals surface area (Å²) in [4.78, 5) is 0. The standard InChI is InChI=1S/C33H44O3/c1-6-8-9-10-11-12-13-29(7-2)33(34-30-20-14-26(3)15-21-30,35-31-22-16-27(4)17-23-31)36-32-24-18-28(5)19-25-32/h14-25,29H,6-13H2,1-5H3. The monoisotopic (exact) mass is 488 g/mol. The summed E-state index contributed by atoms with van der Waals surface area (Å²) in [6.45, 7) is 10.7. The lowest BCUT2D eigenvalue weighted by Gasteiger charge is -2.39. The highest BCUT2D eigenvalue weighted by Gasteiger charge is 2.46. The van der Waals surface area contributed by atoms with Gasteiger partial charge in [-0.3, -0.25) is 0 Å². The number of aryl methyl sites for hydroxylation is 3. The molecule has 0 saturated heterocycles. The van der Waals surface area contributed by atoms with Crippen molar-refractivity contribution in [2.75, 3.05) is 0 Å². The van der Waals surface area contributed by atoms with Crippen LogP contribution in [-0.4, -0.2) is 5.97 Å². The van der Waals surface area contributed by atoms with Crippen LogP contribution in [-0.2, 0) is 0 Å². The van der Waals surface area contributed by atoms with E-state index in [0.717, 1.165) is 36.5 Å². The molecule has 0 N–H and O–H groups in total. The molecule has 3 aromatic rings. The molecule has 0 radical (unpaired) electrons. The molecule has 3 rings (SSSR count). The average molecular weight is 489 g/mol. The summed E-state index contributed by atoms with van der Waals surface area (Å²) in [5.74, 6) is 0.953. The van der Waals surface area contributed by atoms with Gasteiger partial charge in [-0.25, -0.2) is 0 Å². The van der Waals surface area contributed by atoms with E-state index in [1.54, 1.807) is 0 Å². The Morgan fingerprint density at radius 1 is 0.528 bits per heavy atom. The number of hydrogen-bond donors (Lipinski definition) is 0. The van der Waals surface area contributed by atoms with E-state index in [9.17, 15) is 0 Å². The van der Waals surface area contributed by atoms with Crippen molar-refractivity contribution in [2.45, 2.75) is 92.0 Å². The highest BCUT2D eigenvalue weighted by Crippen LogP contribution is 2.37. The van der Waals surface area contributed by atoms with Crippen molar-refractivity contribution in [3.63, 3.8) is 0 Å². The Kier molecular flexibility index (Phi) is 10.7. The van der Waals surface area contributed by atoms with Gasteiger partial charge in [-0.05, 0) is 70.0 Å².